The lowest BCUT2D eigenvalue weighted by molar-refractivity contribution is 0.0697. The number of hydrogen-bond donors (Lipinski definition) is 3. The van der Waals surface area contributed by atoms with Gasteiger partial charge in [-0.3, -0.25) is 0 Å². The van der Waals surface area contributed by atoms with E-state index in [0.717, 1.165) is 23.4 Å². The van der Waals surface area contributed by atoms with Crippen molar-refractivity contribution in [3.05, 3.63) is 23.8 Å². The van der Waals surface area contributed by atoms with E-state index in [2.05, 4.69) is 5.32 Å². The van der Waals surface area contributed by atoms with Crippen molar-refractivity contribution in [2.45, 2.75) is 32.8 Å². The second kappa shape index (κ2) is 4.53. The van der Waals surface area contributed by atoms with Crippen molar-refractivity contribution in [3.63, 3.8) is 0 Å². The number of benzene rings is 1. The highest BCUT2D eigenvalue weighted by Crippen LogP contribution is 2.21. The quantitative estimate of drug-likeness (QED) is 0.664. The Labute approximate surface area is 91.3 Å². The highest BCUT2D eigenvalue weighted by atomic mass is 16.3. The summed E-state index contributed by atoms with van der Waals surface area (Å²) in [5.74, 6) is 0. The second-order valence-electron chi connectivity index (χ2n) is 4.22. The van der Waals surface area contributed by atoms with Gasteiger partial charge in [0, 0.05) is 17.9 Å². The van der Waals surface area contributed by atoms with Crippen LogP contribution in [0.5, 0.6) is 0 Å². The van der Waals surface area contributed by atoms with Gasteiger partial charge < -0.3 is 16.2 Å². The number of rotatable bonds is 4. The summed E-state index contributed by atoms with van der Waals surface area (Å²) in [7, 11) is 0. The minimum atomic E-state index is -0.670. The van der Waals surface area contributed by atoms with E-state index in [1.807, 2.05) is 39.0 Å². The largest absolute Gasteiger partial charge is 0.398 e. The third-order valence-corrected chi connectivity index (χ3v) is 2.80. The Hall–Kier alpha value is -1.22. The van der Waals surface area contributed by atoms with Crippen molar-refractivity contribution in [1.82, 2.24) is 0 Å². The van der Waals surface area contributed by atoms with Gasteiger partial charge in [0.05, 0.1) is 5.60 Å². The molecule has 0 aliphatic carbocycles. The molecule has 0 aliphatic rings. The summed E-state index contributed by atoms with van der Waals surface area (Å²) in [6.45, 7) is 6.29. The summed E-state index contributed by atoms with van der Waals surface area (Å²) in [6.07, 6.45) is 0.724. The van der Waals surface area contributed by atoms with E-state index in [1.165, 1.54) is 0 Å². The fraction of sp³-hybridized carbons (Fsp3) is 0.500. The highest BCUT2D eigenvalue weighted by molar-refractivity contribution is 5.62. The van der Waals surface area contributed by atoms with E-state index in [9.17, 15) is 5.11 Å². The smallest absolute Gasteiger partial charge is 0.0788 e. The van der Waals surface area contributed by atoms with Crippen molar-refractivity contribution in [2.75, 3.05) is 17.6 Å². The molecule has 3 nitrogen and oxygen atoms in total. The van der Waals surface area contributed by atoms with Gasteiger partial charge in [-0.05, 0) is 38.0 Å². The summed E-state index contributed by atoms with van der Waals surface area (Å²) in [4.78, 5) is 0. The van der Waals surface area contributed by atoms with Crippen LogP contribution in [0.15, 0.2) is 18.2 Å². The van der Waals surface area contributed by atoms with Crippen LogP contribution >= 0.6 is 0 Å². The molecule has 1 rings (SSSR count). The van der Waals surface area contributed by atoms with E-state index < -0.39 is 5.60 Å². The van der Waals surface area contributed by atoms with Crippen LogP contribution in [0.25, 0.3) is 0 Å². The van der Waals surface area contributed by atoms with Gasteiger partial charge >= 0.3 is 0 Å². The van der Waals surface area contributed by atoms with Gasteiger partial charge in [0.1, 0.15) is 0 Å². The molecule has 0 aromatic heterocycles. The van der Waals surface area contributed by atoms with Crippen LogP contribution in [0.1, 0.15) is 25.8 Å². The molecular weight excluding hydrogens is 188 g/mol. The molecule has 0 aliphatic heterocycles. The molecule has 1 atom stereocenters. The molecule has 84 valence electrons. The maximum absolute atomic E-state index is 9.85. The Morgan fingerprint density at radius 2 is 2.13 bits per heavy atom. The molecule has 3 heteroatoms. The summed E-state index contributed by atoms with van der Waals surface area (Å²) < 4.78 is 0. The van der Waals surface area contributed by atoms with Crippen molar-refractivity contribution in [1.29, 1.82) is 0 Å². The van der Waals surface area contributed by atoms with E-state index >= 15 is 0 Å². The van der Waals surface area contributed by atoms with Gasteiger partial charge in [0.2, 0.25) is 0 Å². The van der Waals surface area contributed by atoms with Gasteiger partial charge in [-0.2, -0.15) is 0 Å². The molecule has 0 fully saturated rings. The topological polar surface area (TPSA) is 58.3 Å². The summed E-state index contributed by atoms with van der Waals surface area (Å²) in [6, 6.07) is 5.75. The highest BCUT2D eigenvalue weighted by Gasteiger charge is 2.17. The lowest BCUT2D eigenvalue weighted by Gasteiger charge is -2.23. The Morgan fingerprint density at radius 3 is 2.73 bits per heavy atom. The maximum Gasteiger partial charge on any atom is 0.0788 e. The van der Waals surface area contributed by atoms with Crippen LogP contribution in [-0.2, 0) is 0 Å². The summed E-state index contributed by atoms with van der Waals surface area (Å²) in [5.41, 5.74) is 7.92. The van der Waals surface area contributed by atoms with Gasteiger partial charge in [0.15, 0.2) is 0 Å². The first-order chi connectivity index (χ1) is 6.96. The zero-order valence-corrected chi connectivity index (χ0v) is 9.67. The Morgan fingerprint density at radius 1 is 1.47 bits per heavy atom. The maximum atomic E-state index is 9.85. The first-order valence-electron chi connectivity index (χ1n) is 5.27. The zero-order chi connectivity index (χ0) is 11.5. The summed E-state index contributed by atoms with van der Waals surface area (Å²) in [5, 5.41) is 13.1. The molecule has 0 saturated heterocycles. The average Bonchev–Trinajstić information content (AvgIpc) is 2.20. The van der Waals surface area contributed by atoms with Crippen LogP contribution in [0.3, 0.4) is 0 Å². The molecule has 0 radical (unpaired) electrons. The van der Waals surface area contributed by atoms with Crippen molar-refractivity contribution in [3.8, 4) is 0 Å². The third kappa shape index (κ3) is 3.13. The molecule has 1 unspecified atom stereocenters. The van der Waals surface area contributed by atoms with Gasteiger partial charge in [-0.15, -0.1) is 0 Å². The fourth-order valence-electron chi connectivity index (χ4n) is 1.26. The van der Waals surface area contributed by atoms with Gasteiger partial charge in [-0.25, -0.2) is 0 Å². The Kier molecular flexibility index (Phi) is 3.58. The molecular formula is C12H20N2O. The number of aliphatic hydroxyl groups is 1. The average molecular weight is 208 g/mol. The number of anilines is 2. The molecule has 1 aromatic carbocycles. The van der Waals surface area contributed by atoms with Crippen LogP contribution < -0.4 is 11.1 Å². The Balaban J connectivity index is 2.70. The van der Waals surface area contributed by atoms with Gasteiger partial charge in [0.25, 0.3) is 0 Å². The first-order valence-corrected chi connectivity index (χ1v) is 5.27. The lowest BCUT2D eigenvalue weighted by atomic mass is 10.0. The zero-order valence-electron chi connectivity index (χ0n) is 9.67. The van der Waals surface area contributed by atoms with E-state index in [-0.39, 0.29) is 0 Å². The lowest BCUT2D eigenvalue weighted by Crippen LogP contribution is -2.32. The van der Waals surface area contributed by atoms with Crippen LogP contribution in [0.4, 0.5) is 11.4 Å². The first kappa shape index (κ1) is 11.9. The normalized spacial score (nSPS) is 14.7. The standard InChI is InChI=1S/C12H20N2O/c1-4-12(3,15)8-14-11-7-5-6-10(13)9(11)2/h5-7,14-15H,4,8,13H2,1-3H3. The second-order valence-corrected chi connectivity index (χ2v) is 4.22. The SMILES string of the molecule is CCC(C)(O)CNc1cccc(N)c1C. The van der Waals surface area contributed by atoms with Crippen molar-refractivity contribution in [2.24, 2.45) is 0 Å². The molecule has 0 heterocycles. The van der Waals surface area contributed by atoms with Crippen LogP contribution in [0, 0.1) is 6.92 Å². The molecule has 4 N–H and O–H groups in total. The molecule has 0 spiro atoms. The predicted octanol–water partition coefficient (Wildman–Crippen LogP) is 2.15. The predicted molar refractivity (Wildman–Crippen MR) is 65.0 cm³/mol. The number of hydrogen-bond acceptors (Lipinski definition) is 3. The number of nitrogens with one attached hydrogen (secondary N) is 1. The van der Waals surface area contributed by atoms with Crippen molar-refractivity contribution < 1.29 is 5.11 Å². The monoisotopic (exact) mass is 208 g/mol. The minimum absolute atomic E-state index is 0.536. The number of nitrogen functional groups attached to an aromatic ring is 1. The van der Waals surface area contributed by atoms with Crippen molar-refractivity contribution >= 4 is 11.4 Å². The van der Waals surface area contributed by atoms with Gasteiger partial charge in [-0.1, -0.05) is 13.0 Å². The van der Waals surface area contributed by atoms with Crippen LogP contribution in [0.2, 0.25) is 0 Å². The van der Waals surface area contributed by atoms with E-state index in [0.29, 0.717) is 6.54 Å². The molecule has 15 heavy (non-hydrogen) atoms. The molecule has 0 saturated carbocycles. The molecule has 0 bridgehead atoms. The fourth-order valence-corrected chi connectivity index (χ4v) is 1.26. The molecule has 1 aromatic rings. The van der Waals surface area contributed by atoms with E-state index in [1.54, 1.807) is 0 Å². The van der Waals surface area contributed by atoms with Crippen LogP contribution in [-0.4, -0.2) is 17.3 Å². The molecule has 0 amide bonds. The van der Waals surface area contributed by atoms with E-state index in [4.69, 9.17) is 5.73 Å². The Bertz CT molecular complexity index is 334. The number of nitrogens with two attached hydrogens (primary N) is 1. The summed E-state index contributed by atoms with van der Waals surface area (Å²) >= 11 is 0. The third-order valence-electron chi connectivity index (χ3n) is 2.80. The minimum Gasteiger partial charge on any atom is -0.398 e.